The number of anilines is 2. The lowest BCUT2D eigenvalue weighted by molar-refractivity contribution is -0.123. The Kier molecular flexibility index (Phi) is 5.41. The molecule has 25 heavy (non-hydrogen) atoms. The maximum absolute atomic E-state index is 12.9. The lowest BCUT2D eigenvalue weighted by Gasteiger charge is -2.11. The number of nitrogens with one attached hydrogen (secondary N) is 2. The van der Waals surface area contributed by atoms with Gasteiger partial charge in [0.15, 0.2) is 0 Å². The number of benzene rings is 1. The van der Waals surface area contributed by atoms with Crippen molar-refractivity contribution in [1.82, 2.24) is 5.32 Å². The van der Waals surface area contributed by atoms with E-state index >= 15 is 0 Å². The van der Waals surface area contributed by atoms with Gasteiger partial charge in [0.1, 0.15) is 23.2 Å². The number of carbonyl (C=O) groups is 1. The second-order valence-electron chi connectivity index (χ2n) is 5.49. The molecular weight excluding hydrogens is 330 g/mol. The molecule has 1 aromatic carbocycles. The highest BCUT2D eigenvalue weighted by atomic mass is 19.3. The van der Waals surface area contributed by atoms with Crippen LogP contribution in [0.1, 0.15) is 13.3 Å². The molecule has 4 N–H and O–H groups in total. The third-order valence-corrected chi connectivity index (χ3v) is 3.66. The Balaban J connectivity index is 2.09. The van der Waals surface area contributed by atoms with Crippen LogP contribution in [-0.4, -0.2) is 25.6 Å². The quantitative estimate of drug-likeness (QED) is 0.305. The summed E-state index contributed by atoms with van der Waals surface area (Å²) in [4.78, 5) is 15.4. The molecule has 1 fully saturated rings. The summed E-state index contributed by atoms with van der Waals surface area (Å²) in [5.74, 6) is -4.15. The normalized spacial score (nSPS) is 19.1. The second-order valence-corrected chi connectivity index (χ2v) is 5.49. The number of hydrogen-bond acceptors (Lipinski definition) is 5. The minimum atomic E-state index is -2.94. The molecule has 0 aliphatic heterocycles. The van der Waals surface area contributed by atoms with Crippen molar-refractivity contribution in [1.29, 1.82) is 0 Å². The zero-order valence-electron chi connectivity index (χ0n) is 14.0. The van der Waals surface area contributed by atoms with Gasteiger partial charge in [-0.15, -0.1) is 0 Å². The van der Waals surface area contributed by atoms with Gasteiger partial charge in [-0.3, -0.25) is 4.79 Å². The van der Waals surface area contributed by atoms with Crippen LogP contribution in [-0.2, 0) is 4.79 Å². The average molecular weight is 350 g/mol. The Hall–Kier alpha value is -2.90. The number of rotatable bonds is 7. The summed E-state index contributed by atoms with van der Waals surface area (Å²) < 4.78 is 31.6. The summed E-state index contributed by atoms with van der Waals surface area (Å²) in [6.07, 6.45) is 2.59. The number of carbonyl (C=O) groups excluding carboxylic acids is 1. The van der Waals surface area contributed by atoms with Crippen LogP contribution in [0.5, 0.6) is 5.75 Å². The Labute approximate surface area is 144 Å². The fraction of sp³-hybridized carbons (Fsp3) is 0.294. The van der Waals surface area contributed by atoms with E-state index in [0.717, 1.165) is 0 Å². The molecule has 1 aromatic rings. The van der Waals surface area contributed by atoms with Crippen molar-refractivity contribution >= 4 is 24.0 Å². The van der Waals surface area contributed by atoms with Gasteiger partial charge in [-0.25, -0.2) is 13.8 Å². The number of alkyl halides is 2. The number of ether oxygens (including phenoxy) is 1. The first kappa shape index (κ1) is 18.4. The highest BCUT2D eigenvalue weighted by molar-refractivity contribution is 5.84. The van der Waals surface area contributed by atoms with Gasteiger partial charge in [-0.2, -0.15) is 0 Å². The van der Waals surface area contributed by atoms with E-state index in [-0.39, 0.29) is 5.82 Å². The highest BCUT2D eigenvalue weighted by Gasteiger charge is 2.61. The minimum absolute atomic E-state index is 0.0325. The molecule has 0 bridgehead atoms. The summed E-state index contributed by atoms with van der Waals surface area (Å²) in [5, 5.41) is 5.26. The predicted octanol–water partition coefficient (Wildman–Crippen LogP) is 2.91. The molecule has 1 aliphatic carbocycles. The molecule has 8 heteroatoms. The van der Waals surface area contributed by atoms with Crippen molar-refractivity contribution in [2.45, 2.75) is 19.3 Å². The summed E-state index contributed by atoms with van der Waals surface area (Å²) in [6.45, 7) is 5.06. The Bertz CT molecular complexity index is 744. The van der Waals surface area contributed by atoms with Crippen LogP contribution in [0.15, 0.2) is 46.9 Å². The molecule has 1 atom stereocenters. The van der Waals surface area contributed by atoms with Crippen LogP contribution in [0.2, 0.25) is 0 Å². The first-order valence-corrected chi connectivity index (χ1v) is 7.59. The highest BCUT2D eigenvalue weighted by Crippen LogP contribution is 2.48. The second kappa shape index (κ2) is 7.33. The number of halogens is 2. The summed E-state index contributed by atoms with van der Waals surface area (Å²) in [6, 6.07) is 5.07. The third kappa shape index (κ3) is 4.56. The lowest BCUT2D eigenvalue weighted by atomic mass is 10.2. The monoisotopic (exact) mass is 350 g/mol. The van der Waals surface area contributed by atoms with E-state index in [1.165, 1.54) is 6.08 Å². The van der Waals surface area contributed by atoms with Crippen LogP contribution in [0.25, 0.3) is 0 Å². The van der Waals surface area contributed by atoms with E-state index in [4.69, 9.17) is 10.5 Å². The number of nitrogens with two attached hydrogens (primary N) is 1. The number of allylic oxidation sites excluding steroid dienone is 2. The molecule has 0 radical (unpaired) electrons. The number of nitrogens with zero attached hydrogens (tertiary/aromatic N) is 1. The molecule has 1 amide bonds. The van der Waals surface area contributed by atoms with E-state index in [1.807, 2.05) is 0 Å². The number of amides is 1. The van der Waals surface area contributed by atoms with Crippen molar-refractivity contribution in [3.8, 4) is 5.75 Å². The third-order valence-electron chi connectivity index (χ3n) is 3.66. The molecule has 1 aliphatic rings. The first-order chi connectivity index (χ1) is 11.8. The maximum atomic E-state index is 12.9. The zero-order chi connectivity index (χ0) is 18.6. The standard InChI is InChI=1S/C17H20F2N4O2/c1-4-10(25-11-5-6-13(20)14(7-11)21-2)8-15(22-3)23-16(24)12-9-17(12,18)19/h4-8,12,21H,3,9,20H2,1-2H3,(H,23,24)/b10-4+,15-8+. The largest absolute Gasteiger partial charge is 0.458 e. The first-order valence-electron chi connectivity index (χ1n) is 7.59. The summed E-state index contributed by atoms with van der Waals surface area (Å²) >= 11 is 0. The van der Waals surface area contributed by atoms with Crippen molar-refractivity contribution in [3.05, 3.63) is 41.9 Å². The minimum Gasteiger partial charge on any atom is -0.458 e. The van der Waals surface area contributed by atoms with Crippen LogP contribution in [0.3, 0.4) is 0 Å². The van der Waals surface area contributed by atoms with Gasteiger partial charge in [-0.05, 0) is 31.9 Å². The molecule has 6 nitrogen and oxygen atoms in total. The molecule has 0 spiro atoms. The van der Waals surface area contributed by atoms with Gasteiger partial charge in [0.25, 0.3) is 5.92 Å². The van der Waals surface area contributed by atoms with Gasteiger partial charge in [0.05, 0.1) is 11.4 Å². The van der Waals surface area contributed by atoms with E-state index in [2.05, 4.69) is 22.3 Å². The van der Waals surface area contributed by atoms with Crippen LogP contribution >= 0.6 is 0 Å². The maximum Gasteiger partial charge on any atom is 0.260 e. The van der Waals surface area contributed by atoms with Gasteiger partial charge >= 0.3 is 0 Å². The predicted molar refractivity (Wildman–Crippen MR) is 93.6 cm³/mol. The zero-order valence-corrected chi connectivity index (χ0v) is 14.0. The van der Waals surface area contributed by atoms with Gasteiger partial charge in [0.2, 0.25) is 5.91 Å². The molecule has 1 saturated carbocycles. The molecule has 134 valence electrons. The van der Waals surface area contributed by atoms with Crippen LogP contribution in [0.4, 0.5) is 20.2 Å². The van der Waals surface area contributed by atoms with Crippen molar-refractivity contribution < 1.29 is 18.3 Å². The van der Waals surface area contributed by atoms with Gasteiger partial charge in [-0.1, -0.05) is 0 Å². The fourth-order valence-corrected chi connectivity index (χ4v) is 2.09. The molecule has 0 saturated heterocycles. The molecular formula is C17H20F2N4O2. The smallest absolute Gasteiger partial charge is 0.260 e. The van der Waals surface area contributed by atoms with E-state index in [1.54, 1.807) is 38.2 Å². The van der Waals surface area contributed by atoms with Gasteiger partial charge in [0, 0.05) is 25.6 Å². The molecule has 1 unspecified atom stereocenters. The lowest BCUT2D eigenvalue weighted by Crippen LogP contribution is -2.26. The van der Waals surface area contributed by atoms with Gasteiger partial charge < -0.3 is 21.1 Å². The van der Waals surface area contributed by atoms with Crippen LogP contribution < -0.4 is 21.1 Å². The topological polar surface area (TPSA) is 88.7 Å². The van der Waals surface area contributed by atoms with E-state index in [0.29, 0.717) is 22.9 Å². The van der Waals surface area contributed by atoms with Crippen molar-refractivity contribution in [3.63, 3.8) is 0 Å². The Morgan fingerprint density at radius 1 is 1.52 bits per heavy atom. The average Bonchev–Trinajstić information content (AvgIpc) is 3.23. The van der Waals surface area contributed by atoms with Crippen LogP contribution in [0, 0.1) is 5.92 Å². The van der Waals surface area contributed by atoms with E-state index in [9.17, 15) is 13.6 Å². The summed E-state index contributed by atoms with van der Waals surface area (Å²) in [5.41, 5.74) is 7.07. The number of nitrogen functional groups attached to an aromatic ring is 1. The number of hydrogen-bond donors (Lipinski definition) is 3. The van der Waals surface area contributed by atoms with Crippen molar-refractivity contribution in [2.75, 3.05) is 18.1 Å². The Morgan fingerprint density at radius 2 is 2.20 bits per heavy atom. The molecule has 0 heterocycles. The Morgan fingerprint density at radius 3 is 2.72 bits per heavy atom. The molecule has 2 rings (SSSR count). The fourth-order valence-electron chi connectivity index (χ4n) is 2.09. The SMILES string of the molecule is C=N/C(=C\C(=C/C)Oc1ccc(N)c(NC)c1)NC(=O)C1CC1(F)F. The molecule has 0 aromatic heterocycles. The van der Waals surface area contributed by atoms with Crippen molar-refractivity contribution in [2.24, 2.45) is 10.9 Å². The number of aliphatic imine (C=N–C) groups is 1. The summed E-state index contributed by atoms with van der Waals surface area (Å²) in [7, 11) is 1.73. The van der Waals surface area contributed by atoms with E-state index < -0.39 is 24.2 Å².